The fraction of sp³-hybridized carbons (Fsp3) is 0.714. The SMILES string of the molecule is NCC1CC(CCC(=O)O)=NO1. The van der Waals surface area contributed by atoms with Crippen molar-refractivity contribution < 1.29 is 14.7 Å². The molecule has 1 rings (SSSR count). The van der Waals surface area contributed by atoms with Crippen LogP contribution in [-0.2, 0) is 9.63 Å². The van der Waals surface area contributed by atoms with Gasteiger partial charge in [-0.15, -0.1) is 0 Å². The maximum atomic E-state index is 10.2. The molecule has 1 heterocycles. The number of rotatable bonds is 4. The van der Waals surface area contributed by atoms with Crippen molar-refractivity contribution in [2.45, 2.75) is 25.4 Å². The van der Waals surface area contributed by atoms with Gasteiger partial charge < -0.3 is 15.7 Å². The van der Waals surface area contributed by atoms with Crippen molar-refractivity contribution in [1.29, 1.82) is 0 Å². The molecule has 68 valence electrons. The number of oxime groups is 1. The lowest BCUT2D eigenvalue weighted by Gasteiger charge is -2.01. The highest BCUT2D eigenvalue weighted by Crippen LogP contribution is 2.12. The molecule has 0 fully saturated rings. The van der Waals surface area contributed by atoms with Gasteiger partial charge in [0.15, 0.2) is 0 Å². The van der Waals surface area contributed by atoms with E-state index >= 15 is 0 Å². The van der Waals surface area contributed by atoms with Gasteiger partial charge in [0.25, 0.3) is 0 Å². The molecule has 0 aromatic heterocycles. The maximum Gasteiger partial charge on any atom is 0.303 e. The molecule has 0 amide bonds. The van der Waals surface area contributed by atoms with Crippen molar-refractivity contribution in [3.8, 4) is 0 Å². The van der Waals surface area contributed by atoms with Crippen molar-refractivity contribution >= 4 is 11.7 Å². The predicted molar refractivity (Wildman–Crippen MR) is 42.8 cm³/mol. The molecule has 1 aliphatic heterocycles. The molecular weight excluding hydrogens is 160 g/mol. The lowest BCUT2D eigenvalue weighted by atomic mass is 10.1. The van der Waals surface area contributed by atoms with Crippen molar-refractivity contribution in [1.82, 2.24) is 0 Å². The third-order valence-electron chi connectivity index (χ3n) is 1.68. The minimum absolute atomic E-state index is 0.0474. The van der Waals surface area contributed by atoms with E-state index in [2.05, 4.69) is 5.16 Å². The number of hydrogen-bond acceptors (Lipinski definition) is 4. The van der Waals surface area contributed by atoms with Crippen molar-refractivity contribution in [3.63, 3.8) is 0 Å². The number of carbonyl (C=O) groups is 1. The van der Waals surface area contributed by atoms with Gasteiger partial charge in [0, 0.05) is 13.0 Å². The van der Waals surface area contributed by atoms with Gasteiger partial charge in [-0.25, -0.2) is 0 Å². The number of aliphatic carboxylic acids is 1. The quantitative estimate of drug-likeness (QED) is 0.622. The molecular formula is C7H12N2O3. The van der Waals surface area contributed by atoms with E-state index in [4.69, 9.17) is 15.7 Å². The summed E-state index contributed by atoms with van der Waals surface area (Å²) in [6.07, 6.45) is 1.20. The minimum Gasteiger partial charge on any atom is -0.481 e. The lowest BCUT2D eigenvalue weighted by molar-refractivity contribution is -0.136. The number of hydrogen-bond donors (Lipinski definition) is 2. The Morgan fingerprint density at radius 2 is 2.58 bits per heavy atom. The summed E-state index contributed by atoms with van der Waals surface area (Å²) in [6.45, 7) is 0.431. The highest BCUT2D eigenvalue weighted by Gasteiger charge is 2.19. The van der Waals surface area contributed by atoms with Crippen LogP contribution in [0.4, 0.5) is 0 Å². The zero-order valence-electron chi connectivity index (χ0n) is 6.69. The monoisotopic (exact) mass is 172 g/mol. The van der Waals surface area contributed by atoms with Crippen LogP contribution in [0.3, 0.4) is 0 Å². The number of nitrogens with two attached hydrogens (primary N) is 1. The van der Waals surface area contributed by atoms with Gasteiger partial charge in [0.1, 0.15) is 6.10 Å². The van der Waals surface area contributed by atoms with Gasteiger partial charge in [-0.1, -0.05) is 5.16 Å². The van der Waals surface area contributed by atoms with Gasteiger partial charge in [-0.2, -0.15) is 0 Å². The second kappa shape index (κ2) is 4.06. The average molecular weight is 172 g/mol. The smallest absolute Gasteiger partial charge is 0.303 e. The van der Waals surface area contributed by atoms with Gasteiger partial charge in [-0.05, 0) is 6.42 Å². The zero-order chi connectivity index (χ0) is 8.97. The molecule has 1 unspecified atom stereocenters. The number of carboxylic acids is 1. The summed E-state index contributed by atoms with van der Waals surface area (Å²) < 4.78 is 0. The molecule has 0 saturated heterocycles. The highest BCUT2D eigenvalue weighted by molar-refractivity contribution is 5.88. The van der Waals surface area contributed by atoms with Crippen LogP contribution in [0.15, 0.2) is 5.16 Å². The highest BCUT2D eigenvalue weighted by atomic mass is 16.6. The lowest BCUT2D eigenvalue weighted by Crippen LogP contribution is -2.19. The molecule has 1 aliphatic rings. The Bertz CT molecular complexity index is 203. The average Bonchev–Trinajstić information content (AvgIpc) is 2.48. The number of carboxylic acid groups (broad SMARTS) is 1. The van der Waals surface area contributed by atoms with Gasteiger partial charge in [-0.3, -0.25) is 4.79 Å². The molecule has 3 N–H and O–H groups in total. The summed E-state index contributed by atoms with van der Waals surface area (Å²) in [5.74, 6) is -0.811. The molecule has 0 radical (unpaired) electrons. The van der Waals surface area contributed by atoms with Crippen LogP contribution in [0.1, 0.15) is 19.3 Å². The van der Waals surface area contributed by atoms with E-state index in [1.54, 1.807) is 0 Å². The first-order chi connectivity index (χ1) is 5.72. The third-order valence-corrected chi connectivity index (χ3v) is 1.68. The van der Waals surface area contributed by atoms with Crippen molar-refractivity contribution in [2.75, 3.05) is 6.54 Å². The van der Waals surface area contributed by atoms with E-state index in [0.717, 1.165) is 5.71 Å². The topological polar surface area (TPSA) is 84.9 Å². The molecule has 0 aliphatic carbocycles. The van der Waals surface area contributed by atoms with Crippen LogP contribution in [0.2, 0.25) is 0 Å². The summed E-state index contributed by atoms with van der Waals surface area (Å²) in [5.41, 5.74) is 6.14. The van der Waals surface area contributed by atoms with E-state index in [0.29, 0.717) is 19.4 Å². The van der Waals surface area contributed by atoms with E-state index in [1.807, 2.05) is 0 Å². The van der Waals surface area contributed by atoms with E-state index in [9.17, 15) is 4.79 Å². The molecule has 0 saturated carbocycles. The molecule has 0 spiro atoms. The summed E-state index contributed by atoms with van der Waals surface area (Å²) in [7, 11) is 0. The normalized spacial score (nSPS) is 21.8. The summed E-state index contributed by atoms with van der Waals surface area (Å²) >= 11 is 0. The van der Waals surface area contributed by atoms with Gasteiger partial charge >= 0.3 is 5.97 Å². The van der Waals surface area contributed by atoms with Gasteiger partial charge in [0.2, 0.25) is 0 Å². The van der Waals surface area contributed by atoms with Crippen LogP contribution in [0.5, 0.6) is 0 Å². The minimum atomic E-state index is -0.811. The Labute approximate surface area is 70.2 Å². The summed E-state index contributed by atoms with van der Waals surface area (Å²) in [5, 5.41) is 12.1. The molecule has 12 heavy (non-hydrogen) atoms. The predicted octanol–water partition coefficient (Wildman–Crippen LogP) is -0.0452. The first kappa shape index (κ1) is 8.99. The largest absolute Gasteiger partial charge is 0.481 e. The Morgan fingerprint density at radius 1 is 1.83 bits per heavy atom. The van der Waals surface area contributed by atoms with Crippen LogP contribution < -0.4 is 5.73 Å². The second-order valence-electron chi connectivity index (χ2n) is 2.72. The van der Waals surface area contributed by atoms with Gasteiger partial charge in [0.05, 0.1) is 12.1 Å². The maximum absolute atomic E-state index is 10.2. The first-order valence-corrected chi connectivity index (χ1v) is 3.86. The third kappa shape index (κ3) is 2.50. The second-order valence-corrected chi connectivity index (χ2v) is 2.72. The van der Waals surface area contributed by atoms with E-state index < -0.39 is 5.97 Å². The van der Waals surface area contributed by atoms with E-state index in [1.165, 1.54) is 0 Å². The van der Waals surface area contributed by atoms with Crippen molar-refractivity contribution in [2.24, 2.45) is 10.9 Å². The Balaban J connectivity index is 2.23. The fourth-order valence-corrected chi connectivity index (χ4v) is 1.01. The number of nitrogens with zero attached hydrogens (tertiary/aromatic N) is 1. The van der Waals surface area contributed by atoms with Crippen LogP contribution in [0.25, 0.3) is 0 Å². The molecule has 0 bridgehead atoms. The summed E-state index contributed by atoms with van der Waals surface area (Å²) in [6, 6.07) is 0. The van der Waals surface area contributed by atoms with Crippen LogP contribution in [-0.4, -0.2) is 29.4 Å². The Kier molecular flexibility index (Phi) is 3.04. The van der Waals surface area contributed by atoms with Crippen molar-refractivity contribution in [3.05, 3.63) is 0 Å². The fourth-order valence-electron chi connectivity index (χ4n) is 1.01. The van der Waals surface area contributed by atoms with E-state index in [-0.39, 0.29) is 12.5 Å². The van der Waals surface area contributed by atoms with Crippen LogP contribution >= 0.6 is 0 Å². The Hall–Kier alpha value is -1.10. The molecule has 1 atom stereocenters. The van der Waals surface area contributed by atoms with Crippen LogP contribution in [0, 0.1) is 0 Å². The summed E-state index contributed by atoms with van der Waals surface area (Å²) in [4.78, 5) is 15.1. The zero-order valence-corrected chi connectivity index (χ0v) is 6.69. The standard InChI is InChI=1S/C7H12N2O3/c8-4-6-3-5(9-12-6)1-2-7(10)11/h6H,1-4,8H2,(H,10,11). The molecule has 0 aromatic rings. The Morgan fingerprint density at radius 3 is 3.08 bits per heavy atom. The first-order valence-electron chi connectivity index (χ1n) is 3.86. The molecule has 5 heteroatoms. The molecule has 5 nitrogen and oxygen atoms in total. The molecule has 0 aromatic carbocycles.